The monoisotopic (exact) mass is 229 g/mol. The highest BCUT2D eigenvalue weighted by molar-refractivity contribution is 5.82. The van der Waals surface area contributed by atoms with Crippen molar-refractivity contribution in [2.45, 2.75) is 26.4 Å². The number of para-hydroxylation sites is 1. The van der Waals surface area contributed by atoms with Crippen molar-refractivity contribution in [2.75, 3.05) is 6.54 Å². The van der Waals surface area contributed by atoms with Gasteiger partial charge in [-0.2, -0.15) is 0 Å². The Morgan fingerprint density at radius 1 is 1.35 bits per heavy atom. The number of fused-ring (bicyclic) bond motifs is 1. The van der Waals surface area contributed by atoms with Gasteiger partial charge in [-0.1, -0.05) is 18.2 Å². The molecule has 1 atom stereocenters. The number of aromatic nitrogens is 1. The molecule has 2 aromatic rings. The first-order valence-electron chi connectivity index (χ1n) is 5.99. The number of pyridine rings is 1. The van der Waals surface area contributed by atoms with E-state index in [1.165, 1.54) is 10.9 Å². The third-order valence-electron chi connectivity index (χ3n) is 2.92. The molecule has 0 radical (unpaired) electrons. The highest BCUT2D eigenvalue weighted by Crippen LogP contribution is 2.17. The molecule has 0 aliphatic heterocycles. The van der Waals surface area contributed by atoms with Gasteiger partial charge in [0, 0.05) is 30.2 Å². The van der Waals surface area contributed by atoms with Gasteiger partial charge in [0.2, 0.25) is 0 Å². The van der Waals surface area contributed by atoms with E-state index < -0.39 is 0 Å². The molecule has 0 unspecified atom stereocenters. The van der Waals surface area contributed by atoms with Crippen LogP contribution in [-0.2, 0) is 6.54 Å². The number of rotatable bonds is 4. The molecule has 1 heterocycles. The van der Waals surface area contributed by atoms with Gasteiger partial charge in [-0.15, -0.1) is 0 Å². The molecule has 0 aliphatic rings. The number of aryl methyl sites for hydroxylation is 1. The second-order valence-corrected chi connectivity index (χ2v) is 4.46. The van der Waals surface area contributed by atoms with Gasteiger partial charge in [0.15, 0.2) is 0 Å². The van der Waals surface area contributed by atoms with E-state index in [1.807, 2.05) is 13.0 Å². The van der Waals surface area contributed by atoms with E-state index in [2.05, 4.69) is 41.5 Å². The second-order valence-electron chi connectivity index (χ2n) is 4.46. The lowest BCUT2D eigenvalue weighted by molar-refractivity contribution is 0.557. The number of hydrogen-bond acceptors (Lipinski definition) is 3. The van der Waals surface area contributed by atoms with Crippen LogP contribution in [0.15, 0.2) is 30.3 Å². The Bertz CT molecular complexity index is 508. The van der Waals surface area contributed by atoms with Crippen molar-refractivity contribution in [1.29, 1.82) is 0 Å². The molecule has 1 aromatic heterocycles. The molecule has 3 N–H and O–H groups in total. The Kier molecular flexibility index (Phi) is 3.71. The molecule has 3 nitrogen and oxygen atoms in total. The maximum Gasteiger partial charge on any atom is 0.0708 e. The summed E-state index contributed by atoms with van der Waals surface area (Å²) in [5.74, 6) is 0. The average Bonchev–Trinajstić information content (AvgIpc) is 2.35. The summed E-state index contributed by atoms with van der Waals surface area (Å²) in [4.78, 5) is 4.53. The van der Waals surface area contributed by atoms with Crippen LogP contribution in [0.4, 0.5) is 0 Å². The zero-order valence-corrected chi connectivity index (χ0v) is 10.4. The molecular weight excluding hydrogens is 210 g/mol. The number of nitrogens with zero attached hydrogens (tertiary/aromatic N) is 1. The number of nitrogens with one attached hydrogen (secondary N) is 1. The zero-order chi connectivity index (χ0) is 12.3. The lowest BCUT2D eigenvalue weighted by Gasteiger charge is -2.13. The van der Waals surface area contributed by atoms with Gasteiger partial charge in [-0.3, -0.25) is 4.98 Å². The van der Waals surface area contributed by atoms with E-state index in [0.717, 1.165) is 17.8 Å². The predicted molar refractivity (Wildman–Crippen MR) is 71.8 cm³/mol. The fourth-order valence-corrected chi connectivity index (χ4v) is 1.91. The Morgan fingerprint density at radius 2 is 2.12 bits per heavy atom. The predicted octanol–water partition coefficient (Wildman–Crippen LogP) is 1.98. The van der Waals surface area contributed by atoms with Crippen LogP contribution in [0.5, 0.6) is 0 Å². The van der Waals surface area contributed by atoms with E-state index in [0.29, 0.717) is 12.6 Å². The van der Waals surface area contributed by atoms with Gasteiger partial charge in [-0.25, -0.2) is 0 Å². The van der Waals surface area contributed by atoms with Crippen LogP contribution in [0, 0.1) is 6.92 Å². The smallest absolute Gasteiger partial charge is 0.0708 e. The summed E-state index contributed by atoms with van der Waals surface area (Å²) in [6, 6.07) is 10.7. The van der Waals surface area contributed by atoms with Gasteiger partial charge >= 0.3 is 0 Å². The fourth-order valence-electron chi connectivity index (χ4n) is 1.91. The topological polar surface area (TPSA) is 50.9 Å². The van der Waals surface area contributed by atoms with Crippen LogP contribution in [0.3, 0.4) is 0 Å². The summed E-state index contributed by atoms with van der Waals surface area (Å²) < 4.78 is 0. The minimum atomic E-state index is 0.335. The molecule has 2 rings (SSSR count). The SMILES string of the molecule is Cc1cc(CN[C@H](C)CN)c2ccccc2n1. The molecule has 90 valence electrons. The Hall–Kier alpha value is -1.45. The second kappa shape index (κ2) is 5.25. The van der Waals surface area contributed by atoms with E-state index in [9.17, 15) is 0 Å². The van der Waals surface area contributed by atoms with Crippen molar-refractivity contribution < 1.29 is 0 Å². The van der Waals surface area contributed by atoms with E-state index >= 15 is 0 Å². The lowest BCUT2D eigenvalue weighted by Crippen LogP contribution is -2.32. The lowest BCUT2D eigenvalue weighted by atomic mass is 10.1. The van der Waals surface area contributed by atoms with Crippen LogP contribution in [-0.4, -0.2) is 17.6 Å². The standard InChI is InChI=1S/C14H19N3/c1-10-7-12(9-16-11(2)8-15)13-5-3-4-6-14(13)17-10/h3-7,11,16H,8-9,15H2,1-2H3/t11-/m1/s1. The van der Waals surface area contributed by atoms with Crippen molar-refractivity contribution in [2.24, 2.45) is 5.73 Å². The summed E-state index contributed by atoms with van der Waals surface area (Å²) in [5.41, 5.74) is 9.01. The third kappa shape index (κ3) is 2.81. The van der Waals surface area contributed by atoms with Gasteiger partial charge in [0.25, 0.3) is 0 Å². The van der Waals surface area contributed by atoms with Crippen molar-refractivity contribution in [3.63, 3.8) is 0 Å². The van der Waals surface area contributed by atoms with Gasteiger partial charge in [-0.05, 0) is 31.5 Å². The van der Waals surface area contributed by atoms with E-state index in [1.54, 1.807) is 0 Å². The molecule has 0 saturated heterocycles. The molecule has 0 aliphatic carbocycles. The molecule has 1 aromatic carbocycles. The van der Waals surface area contributed by atoms with Crippen molar-refractivity contribution in [3.05, 3.63) is 41.6 Å². The summed E-state index contributed by atoms with van der Waals surface area (Å²) in [6.45, 7) is 5.61. The molecule has 0 saturated carbocycles. The summed E-state index contributed by atoms with van der Waals surface area (Å²) in [6.07, 6.45) is 0. The normalized spacial score (nSPS) is 12.9. The van der Waals surface area contributed by atoms with E-state index in [-0.39, 0.29) is 0 Å². The van der Waals surface area contributed by atoms with E-state index in [4.69, 9.17) is 5.73 Å². The Labute approximate surface area is 102 Å². The largest absolute Gasteiger partial charge is 0.329 e. The molecule has 0 fully saturated rings. The number of nitrogens with two attached hydrogens (primary N) is 1. The van der Waals surface area contributed by atoms with Crippen LogP contribution < -0.4 is 11.1 Å². The maximum atomic E-state index is 5.60. The Balaban J connectivity index is 2.32. The van der Waals surface area contributed by atoms with Crippen LogP contribution in [0.25, 0.3) is 10.9 Å². The molecule has 0 spiro atoms. The van der Waals surface area contributed by atoms with Crippen molar-refractivity contribution in [1.82, 2.24) is 10.3 Å². The van der Waals surface area contributed by atoms with Gasteiger partial charge in [0.1, 0.15) is 0 Å². The Morgan fingerprint density at radius 3 is 2.88 bits per heavy atom. The fraction of sp³-hybridized carbons (Fsp3) is 0.357. The van der Waals surface area contributed by atoms with Crippen LogP contribution >= 0.6 is 0 Å². The first kappa shape index (κ1) is 12.0. The minimum Gasteiger partial charge on any atom is -0.329 e. The molecule has 17 heavy (non-hydrogen) atoms. The number of benzene rings is 1. The number of hydrogen-bond donors (Lipinski definition) is 2. The maximum absolute atomic E-state index is 5.60. The van der Waals surface area contributed by atoms with Crippen molar-refractivity contribution >= 4 is 10.9 Å². The summed E-state index contributed by atoms with van der Waals surface area (Å²) in [7, 11) is 0. The molecule has 3 heteroatoms. The molecular formula is C14H19N3. The minimum absolute atomic E-state index is 0.335. The summed E-state index contributed by atoms with van der Waals surface area (Å²) in [5, 5.41) is 4.63. The first-order chi connectivity index (χ1) is 8.20. The third-order valence-corrected chi connectivity index (χ3v) is 2.92. The quantitative estimate of drug-likeness (QED) is 0.843. The zero-order valence-electron chi connectivity index (χ0n) is 10.4. The summed E-state index contributed by atoms with van der Waals surface area (Å²) >= 11 is 0. The highest BCUT2D eigenvalue weighted by Gasteiger charge is 2.04. The first-order valence-corrected chi connectivity index (χ1v) is 5.99. The van der Waals surface area contributed by atoms with Crippen LogP contribution in [0.1, 0.15) is 18.2 Å². The van der Waals surface area contributed by atoms with Gasteiger partial charge < -0.3 is 11.1 Å². The highest BCUT2D eigenvalue weighted by atomic mass is 14.9. The molecule has 0 amide bonds. The van der Waals surface area contributed by atoms with Crippen molar-refractivity contribution in [3.8, 4) is 0 Å². The van der Waals surface area contributed by atoms with Gasteiger partial charge in [0.05, 0.1) is 5.52 Å². The van der Waals surface area contributed by atoms with Crippen LogP contribution in [0.2, 0.25) is 0 Å². The molecule has 0 bridgehead atoms. The average molecular weight is 229 g/mol.